The first-order valence-electron chi connectivity index (χ1n) is 9.29. The van der Waals surface area contributed by atoms with Gasteiger partial charge in [0.1, 0.15) is 0 Å². The number of benzene rings is 3. The Kier molecular flexibility index (Phi) is 4.70. The third kappa shape index (κ3) is 3.41. The van der Waals surface area contributed by atoms with Crippen LogP contribution >= 0.6 is 0 Å². The highest BCUT2D eigenvalue weighted by molar-refractivity contribution is 5.97. The number of esters is 1. The molecule has 4 heteroatoms. The molecule has 0 aromatic heterocycles. The third-order valence-corrected chi connectivity index (χ3v) is 5.10. The molecule has 0 bridgehead atoms. The van der Waals surface area contributed by atoms with Gasteiger partial charge in [0.25, 0.3) is 5.91 Å². The summed E-state index contributed by atoms with van der Waals surface area (Å²) in [5.41, 5.74) is 2.02. The van der Waals surface area contributed by atoms with Gasteiger partial charge in [0.15, 0.2) is 5.60 Å². The predicted molar refractivity (Wildman–Crippen MR) is 107 cm³/mol. The fraction of sp³-hybridized carbons (Fsp3) is 0.167. The molecule has 0 saturated carbocycles. The van der Waals surface area contributed by atoms with Gasteiger partial charge in [0.2, 0.25) is 0 Å². The molecule has 28 heavy (non-hydrogen) atoms. The average molecular weight is 371 g/mol. The van der Waals surface area contributed by atoms with Crippen molar-refractivity contribution in [3.63, 3.8) is 0 Å². The van der Waals surface area contributed by atoms with Gasteiger partial charge in [-0.1, -0.05) is 78.9 Å². The van der Waals surface area contributed by atoms with Crippen molar-refractivity contribution in [2.75, 3.05) is 0 Å². The van der Waals surface area contributed by atoms with Gasteiger partial charge >= 0.3 is 5.97 Å². The van der Waals surface area contributed by atoms with E-state index in [0.717, 1.165) is 16.7 Å². The number of cyclic esters (lactones) is 1. The number of amides is 1. The van der Waals surface area contributed by atoms with E-state index in [2.05, 4.69) is 5.32 Å². The van der Waals surface area contributed by atoms with Crippen molar-refractivity contribution < 1.29 is 14.3 Å². The first-order valence-corrected chi connectivity index (χ1v) is 9.29. The number of carbonyl (C=O) groups is 2. The van der Waals surface area contributed by atoms with Gasteiger partial charge in [0.05, 0.1) is 11.6 Å². The van der Waals surface area contributed by atoms with Gasteiger partial charge in [-0.3, -0.25) is 4.79 Å². The minimum absolute atomic E-state index is 0.312. The number of ether oxygens (including phenoxy) is 1. The summed E-state index contributed by atoms with van der Waals surface area (Å²) in [6.07, 6.45) is 0.344. The lowest BCUT2D eigenvalue weighted by atomic mass is 9.88. The summed E-state index contributed by atoms with van der Waals surface area (Å²) in [6.45, 7) is 1.67. The molecule has 0 aliphatic carbocycles. The first-order chi connectivity index (χ1) is 13.6. The summed E-state index contributed by atoms with van der Waals surface area (Å²) >= 11 is 0. The smallest absolute Gasteiger partial charge is 0.339 e. The van der Waals surface area contributed by atoms with Crippen LogP contribution in [0.1, 0.15) is 40.0 Å². The van der Waals surface area contributed by atoms with Crippen molar-refractivity contribution in [3.8, 4) is 0 Å². The molecule has 3 aromatic carbocycles. The van der Waals surface area contributed by atoms with E-state index in [1.54, 1.807) is 19.1 Å². The topological polar surface area (TPSA) is 55.4 Å². The summed E-state index contributed by atoms with van der Waals surface area (Å²) < 4.78 is 5.58. The largest absolute Gasteiger partial charge is 0.445 e. The SMILES string of the molecule is C[C@@]1(C(=O)NC(c2ccccc2)c2ccccc2)Cc2ccccc2C(=O)O1. The maximum Gasteiger partial charge on any atom is 0.339 e. The molecular formula is C24H21NO3. The fourth-order valence-corrected chi connectivity index (χ4v) is 3.59. The summed E-state index contributed by atoms with van der Waals surface area (Å²) in [5.74, 6) is -0.775. The standard InChI is InChI=1S/C24H21NO3/c1-24(16-19-14-8-9-15-20(19)22(26)28-24)23(27)25-21(17-10-4-2-5-11-17)18-12-6-3-7-13-18/h2-15,21H,16H2,1H3,(H,25,27)/t24-/m0/s1. The third-order valence-electron chi connectivity index (χ3n) is 5.10. The van der Waals surface area contributed by atoms with Crippen molar-refractivity contribution in [3.05, 3.63) is 107 Å². The molecule has 1 aliphatic rings. The molecule has 1 amide bonds. The van der Waals surface area contributed by atoms with Crippen LogP contribution in [0.15, 0.2) is 84.9 Å². The maximum atomic E-state index is 13.2. The zero-order chi connectivity index (χ0) is 19.6. The molecule has 1 atom stereocenters. The van der Waals surface area contributed by atoms with E-state index >= 15 is 0 Å². The summed E-state index contributed by atoms with van der Waals surface area (Å²) in [5, 5.41) is 3.10. The summed E-state index contributed by atoms with van der Waals surface area (Å²) in [4.78, 5) is 25.7. The maximum absolute atomic E-state index is 13.2. The van der Waals surface area contributed by atoms with Crippen LogP contribution in [0.2, 0.25) is 0 Å². The molecule has 140 valence electrons. The average Bonchev–Trinajstić information content (AvgIpc) is 2.73. The highest BCUT2D eigenvalue weighted by Gasteiger charge is 2.43. The number of nitrogens with one attached hydrogen (secondary N) is 1. The Balaban J connectivity index is 1.64. The monoisotopic (exact) mass is 371 g/mol. The van der Waals surface area contributed by atoms with E-state index in [1.165, 1.54) is 0 Å². The first kappa shape index (κ1) is 18.0. The second-order valence-corrected chi connectivity index (χ2v) is 7.18. The highest BCUT2D eigenvalue weighted by Crippen LogP contribution is 2.30. The Morgan fingerprint density at radius 1 is 0.893 bits per heavy atom. The Morgan fingerprint density at radius 3 is 2.04 bits per heavy atom. The number of hydrogen-bond donors (Lipinski definition) is 1. The van der Waals surface area contributed by atoms with E-state index in [0.29, 0.717) is 12.0 Å². The normalized spacial score (nSPS) is 18.3. The van der Waals surface area contributed by atoms with E-state index in [1.807, 2.05) is 72.8 Å². The van der Waals surface area contributed by atoms with Gasteiger partial charge in [-0.05, 0) is 29.7 Å². The molecular weight excluding hydrogens is 350 g/mol. The quantitative estimate of drug-likeness (QED) is 0.704. The van der Waals surface area contributed by atoms with Crippen molar-refractivity contribution in [2.24, 2.45) is 0 Å². The molecule has 3 aromatic rings. The summed E-state index contributed by atoms with van der Waals surface area (Å²) in [7, 11) is 0. The lowest BCUT2D eigenvalue weighted by Gasteiger charge is -2.34. The van der Waals surface area contributed by atoms with Gasteiger partial charge in [-0.15, -0.1) is 0 Å². The predicted octanol–water partition coefficient (Wildman–Crippen LogP) is 4.06. The molecule has 4 rings (SSSR count). The van der Waals surface area contributed by atoms with Crippen molar-refractivity contribution in [1.29, 1.82) is 0 Å². The second-order valence-electron chi connectivity index (χ2n) is 7.18. The molecule has 0 unspecified atom stereocenters. The molecule has 1 N–H and O–H groups in total. The molecule has 0 fully saturated rings. The van der Waals surface area contributed by atoms with Gasteiger partial charge in [-0.25, -0.2) is 4.79 Å². The highest BCUT2D eigenvalue weighted by atomic mass is 16.6. The number of carbonyl (C=O) groups excluding carboxylic acids is 2. The van der Waals surface area contributed by atoms with Crippen molar-refractivity contribution in [2.45, 2.75) is 25.0 Å². The minimum Gasteiger partial charge on any atom is -0.445 e. The lowest BCUT2D eigenvalue weighted by molar-refractivity contribution is -0.140. The second kappa shape index (κ2) is 7.31. The van der Waals surface area contributed by atoms with Crippen LogP contribution in [0.4, 0.5) is 0 Å². The van der Waals surface area contributed by atoms with Gasteiger partial charge < -0.3 is 10.1 Å². The zero-order valence-electron chi connectivity index (χ0n) is 15.6. The van der Waals surface area contributed by atoms with Crippen LogP contribution in [-0.2, 0) is 16.0 Å². The number of rotatable bonds is 4. The van der Waals surface area contributed by atoms with Crippen LogP contribution in [0.25, 0.3) is 0 Å². The van der Waals surface area contributed by atoms with E-state index in [-0.39, 0.29) is 11.9 Å². The molecule has 0 spiro atoms. The number of fused-ring (bicyclic) bond motifs is 1. The van der Waals surface area contributed by atoms with E-state index in [4.69, 9.17) is 4.74 Å². The van der Waals surface area contributed by atoms with Crippen LogP contribution in [0.3, 0.4) is 0 Å². The van der Waals surface area contributed by atoms with Gasteiger partial charge in [0, 0.05) is 6.42 Å². The van der Waals surface area contributed by atoms with Crippen LogP contribution in [0.5, 0.6) is 0 Å². The molecule has 4 nitrogen and oxygen atoms in total. The Labute approximate surface area is 164 Å². The molecule has 1 heterocycles. The Bertz CT molecular complexity index is 961. The zero-order valence-corrected chi connectivity index (χ0v) is 15.6. The van der Waals surface area contributed by atoms with E-state index < -0.39 is 11.6 Å². The van der Waals surface area contributed by atoms with E-state index in [9.17, 15) is 9.59 Å². The van der Waals surface area contributed by atoms with Crippen LogP contribution in [-0.4, -0.2) is 17.5 Å². The minimum atomic E-state index is -1.26. The Hall–Kier alpha value is -3.40. The van der Waals surface area contributed by atoms with Crippen LogP contribution < -0.4 is 5.32 Å². The Morgan fingerprint density at radius 2 is 1.43 bits per heavy atom. The van der Waals surface area contributed by atoms with Gasteiger partial charge in [-0.2, -0.15) is 0 Å². The van der Waals surface area contributed by atoms with Crippen molar-refractivity contribution in [1.82, 2.24) is 5.32 Å². The van der Waals surface area contributed by atoms with Crippen LogP contribution in [0, 0.1) is 0 Å². The number of hydrogen-bond acceptors (Lipinski definition) is 3. The molecule has 0 radical (unpaired) electrons. The fourth-order valence-electron chi connectivity index (χ4n) is 3.59. The molecule has 1 aliphatic heterocycles. The lowest BCUT2D eigenvalue weighted by Crippen LogP contribution is -2.52. The summed E-state index contributed by atoms with van der Waals surface area (Å²) in [6, 6.07) is 26.5. The molecule has 0 saturated heterocycles. The van der Waals surface area contributed by atoms with Crippen molar-refractivity contribution >= 4 is 11.9 Å².